The van der Waals surface area contributed by atoms with Gasteiger partial charge in [0.05, 0.1) is 19.8 Å². The smallest absolute Gasteiger partial charge is 0.274 e. The molecule has 1 atom stereocenters. The van der Waals surface area contributed by atoms with Crippen LogP contribution in [0.25, 0.3) is 0 Å². The fourth-order valence-corrected chi connectivity index (χ4v) is 6.23. The second kappa shape index (κ2) is 9.33. The zero-order valence-corrected chi connectivity index (χ0v) is 19.9. The van der Waals surface area contributed by atoms with E-state index < -0.39 is 11.2 Å². The molecule has 0 spiro atoms. The van der Waals surface area contributed by atoms with Gasteiger partial charge in [-0.1, -0.05) is 0 Å². The van der Waals surface area contributed by atoms with Crippen molar-refractivity contribution in [2.45, 2.75) is 43.3 Å². The Morgan fingerprint density at radius 2 is 1.85 bits per heavy atom. The fraction of sp³-hybridized carbons (Fsp3) is 0.636. The van der Waals surface area contributed by atoms with Crippen LogP contribution in [-0.2, 0) is 40.2 Å². The topological polar surface area (TPSA) is 121 Å². The van der Waals surface area contributed by atoms with E-state index in [1.165, 1.54) is 0 Å². The molecular formula is C22H29N7O4S. The lowest BCUT2D eigenvalue weighted by atomic mass is 10.1. The summed E-state index contributed by atoms with van der Waals surface area (Å²) >= 11 is -1.07. The van der Waals surface area contributed by atoms with Crippen molar-refractivity contribution in [3.63, 3.8) is 0 Å². The summed E-state index contributed by atoms with van der Waals surface area (Å²) in [5.74, 6) is 2.70. The average molecular weight is 488 g/mol. The number of hydrogen-bond acceptors (Lipinski definition) is 9. The quantitative estimate of drug-likeness (QED) is 0.612. The van der Waals surface area contributed by atoms with Gasteiger partial charge in [-0.25, -0.2) is 9.97 Å². The van der Waals surface area contributed by atoms with E-state index in [0.29, 0.717) is 75.6 Å². The van der Waals surface area contributed by atoms with Crippen LogP contribution in [0.3, 0.4) is 0 Å². The molecule has 0 bridgehead atoms. The molecular weight excluding hydrogens is 458 g/mol. The van der Waals surface area contributed by atoms with Crippen LogP contribution in [0.15, 0.2) is 11.1 Å². The van der Waals surface area contributed by atoms with Crippen molar-refractivity contribution in [2.75, 3.05) is 62.0 Å². The largest absolute Gasteiger partial charge is 0.611 e. The Morgan fingerprint density at radius 1 is 1.06 bits per heavy atom. The predicted molar refractivity (Wildman–Crippen MR) is 124 cm³/mol. The lowest BCUT2D eigenvalue weighted by Crippen LogP contribution is -2.40. The first kappa shape index (κ1) is 22.1. The minimum absolute atomic E-state index is 0.0454. The van der Waals surface area contributed by atoms with E-state index in [1.807, 2.05) is 10.8 Å². The maximum Gasteiger partial charge on any atom is 0.274 e. The highest BCUT2D eigenvalue weighted by atomic mass is 32.2. The molecule has 0 aromatic carbocycles. The average Bonchev–Trinajstić information content (AvgIpc) is 3.48. The van der Waals surface area contributed by atoms with Gasteiger partial charge in [0.15, 0.2) is 5.82 Å². The lowest BCUT2D eigenvalue weighted by molar-refractivity contribution is 0.0299. The van der Waals surface area contributed by atoms with Crippen LogP contribution in [-0.4, -0.2) is 92.7 Å². The highest BCUT2D eigenvalue weighted by molar-refractivity contribution is 7.91. The number of ether oxygens (including phenoxy) is 2. The standard InChI is InChI=1S/C22H29N7O4S/c30-21(27-6-10-33-11-7-27)17-13-28-4-5-29(14-18(28)24-17)22-25-16-3-12-34(31)19(16)20(26-22)23-15-1-8-32-9-2-15/h13,15H,1-12,14H2,(H,23,25,26). The summed E-state index contributed by atoms with van der Waals surface area (Å²) in [5, 5.41) is 3.53. The van der Waals surface area contributed by atoms with Gasteiger partial charge >= 0.3 is 0 Å². The Kier molecular flexibility index (Phi) is 6.06. The maximum absolute atomic E-state index is 12.9. The van der Waals surface area contributed by atoms with Gasteiger partial charge in [-0.05, 0) is 24.0 Å². The number of nitrogens with zero attached hydrogens (tertiary/aromatic N) is 6. The minimum atomic E-state index is -1.07. The predicted octanol–water partition coefficient (Wildman–Crippen LogP) is 0.420. The maximum atomic E-state index is 12.9. The zero-order valence-electron chi connectivity index (χ0n) is 19.1. The van der Waals surface area contributed by atoms with Gasteiger partial charge in [0.2, 0.25) is 10.8 Å². The number of nitrogens with one attached hydrogen (secondary N) is 1. The lowest BCUT2D eigenvalue weighted by Gasteiger charge is -2.29. The number of carbonyl (C=O) groups is 1. The van der Waals surface area contributed by atoms with Crippen LogP contribution < -0.4 is 10.2 Å². The molecule has 2 fully saturated rings. The number of aromatic nitrogens is 4. The van der Waals surface area contributed by atoms with Crippen LogP contribution >= 0.6 is 0 Å². The van der Waals surface area contributed by atoms with Gasteiger partial charge < -0.3 is 33.7 Å². The van der Waals surface area contributed by atoms with E-state index in [9.17, 15) is 9.35 Å². The number of morpholine rings is 1. The summed E-state index contributed by atoms with van der Waals surface area (Å²) in [6, 6.07) is 0.257. The normalized spacial score (nSPS) is 23.0. The fourth-order valence-electron chi connectivity index (χ4n) is 4.91. The third-order valence-electron chi connectivity index (χ3n) is 6.84. The second-order valence-corrected chi connectivity index (χ2v) is 10.5. The number of fused-ring (bicyclic) bond motifs is 2. The molecule has 182 valence electrons. The molecule has 6 rings (SSSR count). The highest BCUT2D eigenvalue weighted by Gasteiger charge is 2.34. The molecule has 0 radical (unpaired) electrons. The first-order chi connectivity index (χ1) is 16.7. The molecule has 11 nitrogen and oxygen atoms in total. The third kappa shape index (κ3) is 4.23. The van der Waals surface area contributed by atoms with Gasteiger partial charge in [-0.15, -0.1) is 0 Å². The van der Waals surface area contributed by atoms with Crippen LogP contribution in [0.5, 0.6) is 0 Å². The van der Waals surface area contributed by atoms with Crippen LogP contribution in [0.2, 0.25) is 0 Å². The van der Waals surface area contributed by atoms with Crippen molar-refractivity contribution in [3.8, 4) is 0 Å². The summed E-state index contributed by atoms with van der Waals surface area (Å²) in [6.07, 6.45) is 4.36. The number of hydrogen-bond donors (Lipinski definition) is 1. The van der Waals surface area contributed by atoms with Crippen LogP contribution in [0.4, 0.5) is 11.8 Å². The summed E-state index contributed by atoms with van der Waals surface area (Å²) in [5.41, 5.74) is 1.35. The van der Waals surface area contributed by atoms with E-state index in [2.05, 4.69) is 15.2 Å². The number of carbonyl (C=O) groups excluding carboxylic acids is 1. The number of amides is 1. The monoisotopic (exact) mass is 487 g/mol. The minimum Gasteiger partial charge on any atom is -0.611 e. The molecule has 6 heterocycles. The summed E-state index contributed by atoms with van der Waals surface area (Å²) in [6.45, 7) is 5.72. The first-order valence-corrected chi connectivity index (χ1v) is 13.3. The van der Waals surface area contributed by atoms with E-state index in [1.54, 1.807) is 4.90 Å². The Hall–Kier alpha value is -2.41. The summed E-state index contributed by atoms with van der Waals surface area (Å²) < 4.78 is 25.6. The van der Waals surface area contributed by atoms with Gasteiger partial charge in [0.1, 0.15) is 23.0 Å². The Balaban J connectivity index is 1.23. The number of imidazole rings is 1. The van der Waals surface area contributed by atoms with E-state index in [4.69, 9.17) is 19.4 Å². The van der Waals surface area contributed by atoms with Gasteiger partial charge in [-0.2, -0.15) is 4.98 Å². The molecule has 1 amide bonds. The molecule has 0 saturated carbocycles. The van der Waals surface area contributed by atoms with Crippen LogP contribution in [0, 0.1) is 0 Å². The zero-order chi connectivity index (χ0) is 23.1. The van der Waals surface area contributed by atoms with Crippen molar-refractivity contribution < 1.29 is 18.8 Å². The molecule has 4 aliphatic heterocycles. The van der Waals surface area contributed by atoms with Crippen molar-refractivity contribution in [1.82, 2.24) is 24.4 Å². The molecule has 0 aliphatic carbocycles. The van der Waals surface area contributed by atoms with Crippen molar-refractivity contribution in [3.05, 3.63) is 23.4 Å². The Bertz CT molecular complexity index is 1070. The Labute approximate surface area is 201 Å². The van der Waals surface area contributed by atoms with Gasteiger partial charge in [-0.3, -0.25) is 4.79 Å². The van der Waals surface area contributed by atoms with E-state index in [0.717, 1.165) is 42.5 Å². The molecule has 1 N–H and O–H groups in total. The van der Waals surface area contributed by atoms with E-state index in [-0.39, 0.29) is 11.9 Å². The second-order valence-electron chi connectivity index (χ2n) is 9.04. The SMILES string of the molecule is O=C(c1cn2c(n1)CN(c1nc3c(c(NC4CCOCC4)n1)[S+]([O-])CC3)CC2)N1CCOCC1. The molecule has 2 aromatic heterocycles. The first-order valence-electron chi connectivity index (χ1n) is 12.0. The van der Waals surface area contributed by atoms with Gasteiger partial charge in [0.25, 0.3) is 5.91 Å². The summed E-state index contributed by atoms with van der Waals surface area (Å²) in [7, 11) is 0. The van der Waals surface area contributed by atoms with Crippen molar-refractivity contribution >= 4 is 28.8 Å². The molecule has 12 heteroatoms. The molecule has 4 aliphatic rings. The van der Waals surface area contributed by atoms with Crippen molar-refractivity contribution in [1.29, 1.82) is 0 Å². The summed E-state index contributed by atoms with van der Waals surface area (Å²) in [4.78, 5) is 31.8. The third-order valence-corrected chi connectivity index (χ3v) is 8.30. The number of anilines is 2. The molecule has 2 saturated heterocycles. The number of aryl methyl sites for hydroxylation is 1. The Morgan fingerprint density at radius 3 is 2.68 bits per heavy atom. The van der Waals surface area contributed by atoms with Gasteiger partial charge in [0, 0.05) is 58.1 Å². The molecule has 1 unspecified atom stereocenters. The molecule has 2 aromatic rings. The molecule has 34 heavy (non-hydrogen) atoms. The van der Waals surface area contributed by atoms with Crippen molar-refractivity contribution in [2.24, 2.45) is 0 Å². The highest BCUT2D eigenvalue weighted by Crippen LogP contribution is 2.34. The van der Waals surface area contributed by atoms with Crippen LogP contribution in [0.1, 0.15) is 34.8 Å². The van der Waals surface area contributed by atoms with E-state index >= 15 is 0 Å². The number of rotatable bonds is 4.